The van der Waals surface area contributed by atoms with Gasteiger partial charge in [-0.05, 0) is 25.2 Å². The van der Waals surface area contributed by atoms with Gasteiger partial charge in [-0.3, -0.25) is 0 Å². The van der Waals surface area contributed by atoms with Gasteiger partial charge in [0.05, 0.1) is 6.07 Å². The Labute approximate surface area is 61.3 Å². The van der Waals surface area contributed by atoms with E-state index in [0.29, 0.717) is 5.92 Å². The zero-order chi connectivity index (χ0) is 7.56. The van der Waals surface area contributed by atoms with Gasteiger partial charge in [-0.25, -0.2) is 0 Å². The normalized spacial score (nSPS) is 26.2. The predicted octanol–water partition coefficient (Wildman–Crippen LogP) is 1.54. The van der Waals surface area contributed by atoms with Gasteiger partial charge in [0, 0.05) is 11.3 Å². The summed E-state index contributed by atoms with van der Waals surface area (Å²) in [6.45, 7) is 2.08. The molecule has 0 spiro atoms. The van der Waals surface area contributed by atoms with Crippen molar-refractivity contribution in [1.29, 1.82) is 5.26 Å². The molecule has 0 amide bonds. The molecule has 0 aromatic carbocycles. The van der Waals surface area contributed by atoms with Crippen LogP contribution in [0.5, 0.6) is 0 Å². The molecule has 54 valence electrons. The third kappa shape index (κ3) is 1.13. The van der Waals surface area contributed by atoms with Gasteiger partial charge < -0.3 is 5.73 Å². The Bertz CT molecular complexity index is 198. The van der Waals surface area contributed by atoms with Crippen molar-refractivity contribution in [3.8, 4) is 6.07 Å². The van der Waals surface area contributed by atoms with Crippen LogP contribution in [0.15, 0.2) is 11.3 Å². The van der Waals surface area contributed by atoms with Crippen LogP contribution in [0.3, 0.4) is 0 Å². The minimum Gasteiger partial charge on any atom is -0.401 e. The van der Waals surface area contributed by atoms with Crippen molar-refractivity contribution in [3.63, 3.8) is 0 Å². The van der Waals surface area contributed by atoms with E-state index in [4.69, 9.17) is 11.0 Å². The second-order valence-corrected chi connectivity index (χ2v) is 2.84. The molecule has 2 heteroatoms. The minimum absolute atomic E-state index is 0.420. The summed E-state index contributed by atoms with van der Waals surface area (Å²) >= 11 is 0. The molecule has 0 bridgehead atoms. The molecule has 0 aromatic rings. The highest BCUT2D eigenvalue weighted by molar-refractivity contribution is 5.28. The summed E-state index contributed by atoms with van der Waals surface area (Å²) < 4.78 is 0. The van der Waals surface area contributed by atoms with Crippen LogP contribution in [0.1, 0.15) is 26.2 Å². The molecule has 2 nitrogen and oxygen atoms in total. The zero-order valence-corrected chi connectivity index (χ0v) is 6.22. The Morgan fingerprint density at radius 3 is 2.90 bits per heavy atom. The van der Waals surface area contributed by atoms with E-state index >= 15 is 0 Å². The van der Waals surface area contributed by atoms with Crippen LogP contribution in [0, 0.1) is 17.2 Å². The van der Waals surface area contributed by atoms with Crippen LogP contribution < -0.4 is 5.73 Å². The predicted molar refractivity (Wildman–Crippen MR) is 39.8 cm³/mol. The number of allylic oxidation sites excluding steroid dienone is 2. The smallest absolute Gasteiger partial charge is 0.0965 e. The minimum atomic E-state index is 0.420. The van der Waals surface area contributed by atoms with Crippen molar-refractivity contribution < 1.29 is 0 Å². The number of hydrogen-bond acceptors (Lipinski definition) is 2. The lowest BCUT2D eigenvalue weighted by molar-refractivity contribution is 0.536. The van der Waals surface area contributed by atoms with Crippen molar-refractivity contribution >= 4 is 0 Å². The van der Waals surface area contributed by atoms with E-state index in [9.17, 15) is 0 Å². The second-order valence-electron chi connectivity index (χ2n) is 2.84. The fraction of sp³-hybridized carbons (Fsp3) is 0.625. The number of nitrogens with two attached hydrogens (primary N) is 1. The Balaban J connectivity index is 2.85. The van der Waals surface area contributed by atoms with Crippen LogP contribution in [0.2, 0.25) is 0 Å². The van der Waals surface area contributed by atoms with E-state index in [2.05, 4.69) is 13.0 Å². The zero-order valence-electron chi connectivity index (χ0n) is 6.22. The Kier molecular flexibility index (Phi) is 1.96. The van der Waals surface area contributed by atoms with Gasteiger partial charge in [-0.15, -0.1) is 0 Å². The van der Waals surface area contributed by atoms with E-state index < -0.39 is 0 Å². The molecule has 0 aliphatic heterocycles. The van der Waals surface area contributed by atoms with Gasteiger partial charge in [0.2, 0.25) is 0 Å². The number of nitriles is 1. The number of hydrogen-bond donors (Lipinski definition) is 1. The molecule has 1 atom stereocenters. The quantitative estimate of drug-likeness (QED) is 0.549. The molecule has 1 unspecified atom stereocenters. The maximum atomic E-state index is 8.59. The van der Waals surface area contributed by atoms with Crippen LogP contribution >= 0.6 is 0 Å². The van der Waals surface area contributed by atoms with Crippen LogP contribution in [-0.2, 0) is 0 Å². The molecule has 1 rings (SSSR count). The number of nitrogens with zero attached hydrogens (tertiary/aromatic N) is 1. The molecule has 0 saturated heterocycles. The van der Waals surface area contributed by atoms with Gasteiger partial charge in [0.25, 0.3) is 0 Å². The average Bonchev–Trinajstić information content (AvgIpc) is 1.95. The first kappa shape index (κ1) is 7.14. The first-order valence-corrected chi connectivity index (χ1v) is 3.64. The van der Waals surface area contributed by atoms with E-state index in [-0.39, 0.29) is 0 Å². The fourth-order valence-electron chi connectivity index (χ4n) is 1.30. The Hall–Kier alpha value is -0.970. The molecule has 2 N–H and O–H groups in total. The topological polar surface area (TPSA) is 49.8 Å². The van der Waals surface area contributed by atoms with Crippen LogP contribution in [0.4, 0.5) is 0 Å². The molecule has 0 aromatic heterocycles. The first-order chi connectivity index (χ1) is 4.75. The third-order valence-electron chi connectivity index (χ3n) is 2.08. The van der Waals surface area contributed by atoms with Crippen molar-refractivity contribution in [1.82, 2.24) is 0 Å². The largest absolute Gasteiger partial charge is 0.401 e. The van der Waals surface area contributed by atoms with Crippen molar-refractivity contribution in [2.24, 2.45) is 11.7 Å². The summed E-state index contributed by atoms with van der Waals surface area (Å²) in [4.78, 5) is 0. The molecular formula is C8H12N2. The van der Waals surface area contributed by atoms with Gasteiger partial charge in [-0.1, -0.05) is 6.92 Å². The fourth-order valence-corrected chi connectivity index (χ4v) is 1.30. The molecule has 0 heterocycles. The van der Waals surface area contributed by atoms with Crippen LogP contribution in [-0.4, -0.2) is 0 Å². The lowest BCUT2D eigenvalue weighted by Crippen LogP contribution is -2.15. The third-order valence-corrected chi connectivity index (χ3v) is 2.08. The SMILES string of the molecule is CC1CCCC(C#N)=C1N. The molecule has 0 saturated carbocycles. The molecular weight excluding hydrogens is 124 g/mol. The Morgan fingerprint density at radius 2 is 2.40 bits per heavy atom. The summed E-state index contributed by atoms with van der Waals surface area (Å²) in [5.74, 6) is 0.420. The molecule has 0 fully saturated rings. The standard InChI is InChI=1S/C8H12N2/c1-6-3-2-4-7(5-9)8(6)10/h6H,2-4,10H2,1H3. The number of rotatable bonds is 0. The van der Waals surface area contributed by atoms with Gasteiger partial charge in [-0.2, -0.15) is 5.26 Å². The summed E-state index contributed by atoms with van der Waals surface area (Å²) in [7, 11) is 0. The maximum absolute atomic E-state index is 8.59. The van der Waals surface area contributed by atoms with E-state index in [1.165, 1.54) is 0 Å². The van der Waals surface area contributed by atoms with Gasteiger partial charge in [0.1, 0.15) is 0 Å². The summed E-state index contributed by atoms with van der Waals surface area (Å²) in [6.07, 6.45) is 3.13. The maximum Gasteiger partial charge on any atom is 0.0965 e. The highest BCUT2D eigenvalue weighted by Gasteiger charge is 2.15. The lowest BCUT2D eigenvalue weighted by Gasteiger charge is -2.18. The first-order valence-electron chi connectivity index (χ1n) is 3.64. The lowest BCUT2D eigenvalue weighted by atomic mass is 9.89. The summed E-state index contributed by atoms with van der Waals surface area (Å²) in [5, 5.41) is 8.59. The van der Waals surface area contributed by atoms with Crippen molar-refractivity contribution in [2.75, 3.05) is 0 Å². The van der Waals surface area contributed by atoms with Crippen LogP contribution in [0.25, 0.3) is 0 Å². The molecule has 0 radical (unpaired) electrons. The Morgan fingerprint density at radius 1 is 1.70 bits per heavy atom. The van der Waals surface area contributed by atoms with Gasteiger partial charge in [0.15, 0.2) is 0 Å². The van der Waals surface area contributed by atoms with E-state index in [0.717, 1.165) is 30.5 Å². The summed E-state index contributed by atoms with van der Waals surface area (Å²) in [5.41, 5.74) is 7.31. The monoisotopic (exact) mass is 136 g/mol. The van der Waals surface area contributed by atoms with E-state index in [1.807, 2.05) is 0 Å². The molecule has 1 aliphatic rings. The van der Waals surface area contributed by atoms with Crippen molar-refractivity contribution in [2.45, 2.75) is 26.2 Å². The molecule has 1 aliphatic carbocycles. The molecule has 10 heavy (non-hydrogen) atoms. The highest BCUT2D eigenvalue weighted by atomic mass is 14.6. The second kappa shape index (κ2) is 2.74. The van der Waals surface area contributed by atoms with Gasteiger partial charge >= 0.3 is 0 Å². The van der Waals surface area contributed by atoms with Crippen molar-refractivity contribution in [3.05, 3.63) is 11.3 Å². The summed E-state index contributed by atoms with van der Waals surface area (Å²) in [6, 6.07) is 2.14. The average molecular weight is 136 g/mol. The van der Waals surface area contributed by atoms with E-state index in [1.54, 1.807) is 0 Å². The highest BCUT2D eigenvalue weighted by Crippen LogP contribution is 2.25.